The number of hydrogen-bond donors (Lipinski definition) is 0. The Hall–Kier alpha value is -2.73. The fourth-order valence-corrected chi connectivity index (χ4v) is 4.11. The summed E-state index contributed by atoms with van der Waals surface area (Å²) in [7, 11) is 0. The van der Waals surface area contributed by atoms with Gasteiger partial charge in [-0.3, -0.25) is 14.3 Å². The Kier molecular flexibility index (Phi) is 5.39. The van der Waals surface area contributed by atoms with Gasteiger partial charge in [0.05, 0.1) is 16.6 Å². The monoisotopic (exact) mass is 377 g/mol. The zero-order chi connectivity index (χ0) is 19.5. The number of hydrogen-bond acceptors (Lipinski definition) is 4. The molecule has 0 N–H and O–H groups in total. The number of para-hydroxylation sites is 2. The maximum atomic E-state index is 13.0. The zero-order valence-corrected chi connectivity index (χ0v) is 16.6. The molecule has 1 atom stereocenters. The van der Waals surface area contributed by atoms with E-state index in [1.165, 1.54) is 12.8 Å². The van der Waals surface area contributed by atoms with Crippen molar-refractivity contribution in [3.8, 4) is 5.82 Å². The van der Waals surface area contributed by atoms with Crippen molar-refractivity contribution in [1.29, 1.82) is 0 Å². The maximum Gasteiger partial charge on any atom is 0.255 e. The van der Waals surface area contributed by atoms with Crippen molar-refractivity contribution in [2.45, 2.75) is 32.7 Å². The highest BCUT2D eigenvalue weighted by atomic mass is 16.2. The molecule has 0 radical (unpaired) electrons. The molecule has 2 aromatic heterocycles. The van der Waals surface area contributed by atoms with Gasteiger partial charge in [-0.15, -0.1) is 0 Å². The molecule has 28 heavy (non-hydrogen) atoms. The van der Waals surface area contributed by atoms with Gasteiger partial charge in [0.15, 0.2) is 0 Å². The lowest BCUT2D eigenvalue weighted by atomic mass is 10.1. The van der Waals surface area contributed by atoms with Crippen LogP contribution in [0.5, 0.6) is 0 Å². The summed E-state index contributed by atoms with van der Waals surface area (Å²) >= 11 is 0. The van der Waals surface area contributed by atoms with Crippen LogP contribution in [0.3, 0.4) is 0 Å². The number of benzene rings is 1. The highest BCUT2D eigenvalue weighted by Gasteiger charge is 2.27. The summed E-state index contributed by atoms with van der Waals surface area (Å²) in [4.78, 5) is 26.4. The Balaban J connectivity index is 1.51. The lowest BCUT2D eigenvalue weighted by Gasteiger charge is -2.29. The quantitative estimate of drug-likeness (QED) is 0.661. The first-order valence-electron chi connectivity index (χ1n) is 10.1. The second-order valence-electron chi connectivity index (χ2n) is 7.28. The third-order valence-corrected chi connectivity index (χ3v) is 5.70. The predicted molar refractivity (Wildman–Crippen MR) is 111 cm³/mol. The molecular formula is C22H27N5O. The SMILES string of the molecule is CCN(CC1CCCN1CC)C(=O)c1ccc(-n2cnc3ccccc32)nc1. The molecular weight excluding hydrogens is 350 g/mol. The Morgan fingerprint density at radius 1 is 1.18 bits per heavy atom. The number of rotatable bonds is 6. The van der Waals surface area contributed by atoms with Gasteiger partial charge in [0, 0.05) is 25.3 Å². The van der Waals surface area contributed by atoms with Gasteiger partial charge in [0.25, 0.3) is 5.91 Å². The van der Waals surface area contributed by atoms with Crippen LogP contribution in [-0.4, -0.2) is 62.5 Å². The number of likely N-dealkylation sites (tertiary alicyclic amines) is 1. The van der Waals surface area contributed by atoms with Gasteiger partial charge in [-0.2, -0.15) is 0 Å². The lowest BCUT2D eigenvalue weighted by Crippen LogP contribution is -2.43. The Morgan fingerprint density at radius 3 is 2.79 bits per heavy atom. The fourth-order valence-electron chi connectivity index (χ4n) is 4.11. The molecule has 1 aromatic carbocycles. The molecule has 1 fully saturated rings. The molecule has 6 heteroatoms. The maximum absolute atomic E-state index is 13.0. The Bertz CT molecular complexity index is 949. The molecule has 1 aliphatic heterocycles. The zero-order valence-electron chi connectivity index (χ0n) is 16.6. The molecule has 0 bridgehead atoms. The first-order chi connectivity index (χ1) is 13.7. The van der Waals surface area contributed by atoms with E-state index in [4.69, 9.17) is 0 Å². The standard InChI is InChI=1S/C22H27N5O/c1-3-25-13-7-8-18(25)15-26(4-2)22(28)17-11-12-21(23-14-17)27-16-24-19-9-5-6-10-20(19)27/h5-6,9-12,14,16,18H,3-4,7-8,13,15H2,1-2H3. The highest BCUT2D eigenvalue weighted by Crippen LogP contribution is 2.20. The molecule has 0 aliphatic carbocycles. The highest BCUT2D eigenvalue weighted by molar-refractivity contribution is 5.94. The second-order valence-corrected chi connectivity index (χ2v) is 7.28. The lowest BCUT2D eigenvalue weighted by molar-refractivity contribution is 0.0717. The third kappa shape index (κ3) is 3.52. The van der Waals surface area contributed by atoms with Crippen LogP contribution in [0.25, 0.3) is 16.9 Å². The van der Waals surface area contributed by atoms with Crippen molar-refractivity contribution in [3.05, 3.63) is 54.5 Å². The number of amides is 1. The molecule has 0 spiro atoms. The Labute approximate surface area is 165 Å². The number of carbonyl (C=O) groups excluding carboxylic acids is 1. The number of imidazole rings is 1. The molecule has 3 aromatic rings. The molecule has 1 saturated heterocycles. The van der Waals surface area contributed by atoms with Crippen LogP contribution in [0.2, 0.25) is 0 Å². The summed E-state index contributed by atoms with van der Waals surface area (Å²) in [6.07, 6.45) is 5.84. The van der Waals surface area contributed by atoms with E-state index in [-0.39, 0.29) is 5.91 Å². The van der Waals surface area contributed by atoms with Gasteiger partial charge in [-0.1, -0.05) is 19.1 Å². The van der Waals surface area contributed by atoms with Crippen molar-refractivity contribution in [2.24, 2.45) is 0 Å². The second kappa shape index (κ2) is 8.10. The molecule has 1 amide bonds. The number of carbonyl (C=O) groups is 1. The van der Waals surface area contributed by atoms with E-state index >= 15 is 0 Å². The van der Waals surface area contributed by atoms with Crippen LogP contribution in [0.1, 0.15) is 37.0 Å². The van der Waals surface area contributed by atoms with E-state index < -0.39 is 0 Å². The number of fused-ring (bicyclic) bond motifs is 1. The third-order valence-electron chi connectivity index (χ3n) is 5.70. The van der Waals surface area contributed by atoms with E-state index in [9.17, 15) is 4.79 Å². The smallest absolute Gasteiger partial charge is 0.255 e. The van der Waals surface area contributed by atoms with E-state index in [2.05, 4.69) is 21.8 Å². The van der Waals surface area contributed by atoms with E-state index in [1.54, 1.807) is 12.5 Å². The first-order valence-corrected chi connectivity index (χ1v) is 10.1. The van der Waals surface area contributed by atoms with Crippen molar-refractivity contribution < 1.29 is 4.79 Å². The molecule has 1 aliphatic rings. The molecule has 4 rings (SSSR count). The Morgan fingerprint density at radius 2 is 2.04 bits per heavy atom. The van der Waals surface area contributed by atoms with E-state index in [0.29, 0.717) is 18.2 Å². The summed E-state index contributed by atoms with van der Waals surface area (Å²) in [5.74, 6) is 0.821. The van der Waals surface area contributed by atoms with Crippen molar-refractivity contribution >= 4 is 16.9 Å². The van der Waals surface area contributed by atoms with Crippen LogP contribution >= 0.6 is 0 Å². The van der Waals surface area contributed by atoms with Crippen LogP contribution in [0.4, 0.5) is 0 Å². The predicted octanol–water partition coefficient (Wildman–Crippen LogP) is 3.37. The van der Waals surface area contributed by atoms with Gasteiger partial charge in [-0.25, -0.2) is 9.97 Å². The molecule has 0 saturated carbocycles. The van der Waals surface area contributed by atoms with E-state index in [0.717, 1.165) is 36.5 Å². The van der Waals surface area contributed by atoms with Gasteiger partial charge in [-0.05, 0) is 57.1 Å². The summed E-state index contributed by atoms with van der Waals surface area (Å²) in [6, 6.07) is 12.2. The molecule has 3 heterocycles. The van der Waals surface area contributed by atoms with Crippen molar-refractivity contribution in [3.63, 3.8) is 0 Å². The summed E-state index contributed by atoms with van der Waals surface area (Å²) in [5.41, 5.74) is 2.57. The minimum Gasteiger partial charge on any atom is -0.337 e. The number of aromatic nitrogens is 3. The van der Waals surface area contributed by atoms with Gasteiger partial charge in [0.2, 0.25) is 0 Å². The average molecular weight is 377 g/mol. The topological polar surface area (TPSA) is 54.3 Å². The fraction of sp³-hybridized carbons (Fsp3) is 0.409. The van der Waals surface area contributed by atoms with Gasteiger partial charge >= 0.3 is 0 Å². The number of nitrogens with zero attached hydrogens (tertiary/aromatic N) is 5. The van der Waals surface area contributed by atoms with Crippen LogP contribution in [-0.2, 0) is 0 Å². The molecule has 6 nitrogen and oxygen atoms in total. The van der Waals surface area contributed by atoms with Gasteiger partial charge in [0.1, 0.15) is 12.1 Å². The van der Waals surface area contributed by atoms with Crippen molar-refractivity contribution in [2.75, 3.05) is 26.2 Å². The minimum atomic E-state index is 0.0555. The molecule has 1 unspecified atom stereocenters. The van der Waals surface area contributed by atoms with Crippen LogP contribution in [0, 0.1) is 0 Å². The summed E-state index contributed by atoms with van der Waals surface area (Å²) < 4.78 is 1.94. The number of likely N-dealkylation sites (N-methyl/N-ethyl adjacent to an activating group) is 2. The summed E-state index contributed by atoms with van der Waals surface area (Å²) in [5, 5.41) is 0. The average Bonchev–Trinajstić information content (AvgIpc) is 3.38. The molecule has 146 valence electrons. The summed E-state index contributed by atoms with van der Waals surface area (Å²) in [6.45, 7) is 7.92. The normalized spacial score (nSPS) is 17.3. The van der Waals surface area contributed by atoms with Crippen LogP contribution in [0.15, 0.2) is 48.9 Å². The number of pyridine rings is 1. The van der Waals surface area contributed by atoms with Gasteiger partial charge < -0.3 is 4.90 Å². The minimum absolute atomic E-state index is 0.0555. The largest absolute Gasteiger partial charge is 0.337 e. The first kappa shape index (κ1) is 18.6. The van der Waals surface area contributed by atoms with E-state index in [1.807, 2.05) is 52.8 Å². The van der Waals surface area contributed by atoms with Crippen molar-refractivity contribution in [1.82, 2.24) is 24.3 Å². The van der Waals surface area contributed by atoms with Crippen LogP contribution < -0.4 is 0 Å².